The molecule has 124 valence electrons. The van der Waals surface area contributed by atoms with E-state index in [9.17, 15) is 4.79 Å². The zero-order valence-corrected chi connectivity index (χ0v) is 13.4. The summed E-state index contributed by atoms with van der Waals surface area (Å²) in [5, 5.41) is 10.7. The van der Waals surface area contributed by atoms with Gasteiger partial charge in [0, 0.05) is 6.20 Å². The molecule has 1 aromatic carbocycles. The molecular weight excluding hydrogens is 318 g/mol. The Labute approximate surface area is 143 Å². The van der Waals surface area contributed by atoms with E-state index < -0.39 is 6.04 Å². The SMILES string of the molecule is CC(C(=O)Nc1nnc(-c2ccccn2)[nH]1)n1cnc2ccccc21. The normalized spacial score (nSPS) is 12.2. The lowest BCUT2D eigenvalue weighted by Crippen LogP contribution is -2.23. The highest BCUT2D eigenvalue weighted by Crippen LogP contribution is 2.19. The minimum atomic E-state index is -0.448. The number of pyridine rings is 1. The number of nitrogens with zero attached hydrogens (tertiary/aromatic N) is 5. The number of anilines is 1. The zero-order chi connectivity index (χ0) is 17.2. The number of hydrogen-bond donors (Lipinski definition) is 2. The van der Waals surface area contributed by atoms with Gasteiger partial charge in [0.2, 0.25) is 11.9 Å². The fourth-order valence-electron chi connectivity index (χ4n) is 2.57. The van der Waals surface area contributed by atoms with Gasteiger partial charge in [-0.25, -0.2) is 4.98 Å². The first-order chi connectivity index (χ1) is 12.2. The van der Waals surface area contributed by atoms with Gasteiger partial charge in [-0.15, -0.1) is 10.2 Å². The van der Waals surface area contributed by atoms with Crippen molar-refractivity contribution in [1.82, 2.24) is 29.7 Å². The fraction of sp³-hybridized carbons (Fsp3) is 0.118. The molecule has 0 aliphatic heterocycles. The third-order valence-electron chi connectivity index (χ3n) is 3.91. The number of carbonyl (C=O) groups excluding carboxylic acids is 1. The number of amides is 1. The molecule has 8 nitrogen and oxygen atoms in total. The number of para-hydroxylation sites is 2. The first kappa shape index (κ1) is 15.0. The highest BCUT2D eigenvalue weighted by molar-refractivity contribution is 5.93. The van der Waals surface area contributed by atoms with Gasteiger partial charge in [0.25, 0.3) is 0 Å². The number of rotatable bonds is 4. The van der Waals surface area contributed by atoms with Crippen LogP contribution in [0.1, 0.15) is 13.0 Å². The van der Waals surface area contributed by atoms with Gasteiger partial charge in [0.1, 0.15) is 11.7 Å². The molecule has 0 spiro atoms. The van der Waals surface area contributed by atoms with Crippen LogP contribution in [0.5, 0.6) is 0 Å². The van der Waals surface area contributed by atoms with E-state index in [2.05, 4.69) is 30.5 Å². The van der Waals surface area contributed by atoms with Crippen LogP contribution in [0.2, 0.25) is 0 Å². The number of fused-ring (bicyclic) bond motifs is 1. The molecule has 0 aliphatic rings. The van der Waals surface area contributed by atoms with Gasteiger partial charge in [0.05, 0.1) is 17.4 Å². The maximum atomic E-state index is 12.5. The molecule has 0 aliphatic carbocycles. The molecule has 0 radical (unpaired) electrons. The molecular formula is C17H15N7O. The standard InChI is InChI=1S/C17H15N7O/c1-11(24-10-19-12-6-2-3-8-14(12)24)16(25)21-17-20-15(22-23-17)13-7-4-5-9-18-13/h2-11H,1H3,(H2,20,21,22,23,25). The van der Waals surface area contributed by atoms with Gasteiger partial charge >= 0.3 is 0 Å². The number of H-pyrrole nitrogens is 1. The van der Waals surface area contributed by atoms with E-state index >= 15 is 0 Å². The Morgan fingerprint density at radius 3 is 2.80 bits per heavy atom. The summed E-state index contributed by atoms with van der Waals surface area (Å²) < 4.78 is 1.82. The first-order valence-electron chi connectivity index (χ1n) is 7.79. The molecule has 1 amide bonds. The number of carbonyl (C=O) groups is 1. The van der Waals surface area contributed by atoms with E-state index in [4.69, 9.17) is 0 Å². The Morgan fingerprint density at radius 1 is 1.12 bits per heavy atom. The van der Waals surface area contributed by atoms with Crippen molar-refractivity contribution < 1.29 is 4.79 Å². The van der Waals surface area contributed by atoms with Crippen molar-refractivity contribution in [3.8, 4) is 11.5 Å². The van der Waals surface area contributed by atoms with Gasteiger partial charge in [-0.2, -0.15) is 0 Å². The van der Waals surface area contributed by atoms with Crippen molar-refractivity contribution in [1.29, 1.82) is 0 Å². The average Bonchev–Trinajstić information content (AvgIpc) is 3.29. The van der Waals surface area contributed by atoms with E-state index in [1.807, 2.05) is 47.0 Å². The number of aromatic amines is 1. The maximum absolute atomic E-state index is 12.5. The molecule has 0 bridgehead atoms. The number of imidazole rings is 1. The van der Waals surface area contributed by atoms with Gasteiger partial charge in [-0.05, 0) is 31.2 Å². The Balaban J connectivity index is 1.53. The summed E-state index contributed by atoms with van der Waals surface area (Å²) in [4.78, 5) is 24.0. The molecule has 2 N–H and O–H groups in total. The summed E-state index contributed by atoms with van der Waals surface area (Å²) in [6.45, 7) is 1.81. The summed E-state index contributed by atoms with van der Waals surface area (Å²) >= 11 is 0. The Hall–Kier alpha value is -3.55. The molecule has 4 rings (SSSR count). The lowest BCUT2D eigenvalue weighted by Gasteiger charge is -2.13. The van der Waals surface area contributed by atoms with Crippen LogP contribution in [0, 0.1) is 0 Å². The molecule has 0 fully saturated rings. The number of nitrogens with one attached hydrogen (secondary N) is 2. The van der Waals surface area contributed by atoms with E-state index in [0.29, 0.717) is 11.5 Å². The van der Waals surface area contributed by atoms with Crippen LogP contribution >= 0.6 is 0 Å². The van der Waals surface area contributed by atoms with Crippen LogP contribution in [0.15, 0.2) is 55.0 Å². The molecule has 3 aromatic heterocycles. The van der Waals surface area contributed by atoms with Crippen LogP contribution < -0.4 is 5.32 Å². The molecule has 0 saturated carbocycles. The van der Waals surface area contributed by atoms with Crippen molar-refractivity contribution in [2.24, 2.45) is 0 Å². The van der Waals surface area contributed by atoms with E-state index in [1.165, 1.54) is 0 Å². The molecule has 1 unspecified atom stereocenters. The number of aromatic nitrogens is 6. The minimum Gasteiger partial charge on any atom is -0.318 e. The molecule has 1 atom stereocenters. The van der Waals surface area contributed by atoms with Crippen LogP contribution in [0.3, 0.4) is 0 Å². The number of benzene rings is 1. The molecule has 0 saturated heterocycles. The predicted octanol–water partition coefficient (Wildman–Crippen LogP) is 2.42. The Morgan fingerprint density at radius 2 is 1.96 bits per heavy atom. The monoisotopic (exact) mass is 333 g/mol. The van der Waals surface area contributed by atoms with Gasteiger partial charge < -0.3 is 9.55 Å². The van der Waals surface area contributed by atoms with Gasteiger partial charge in [-0.3, -0.25) is 15.1 Å². The largest absolute Gasteiger partial charge is 0.318 e. The van der Waals surface area contributed by atoms with E-state index in [1.54, 1.807) is 19.4 Å². The first-order valence-corrected chi connectivity index (χ1v) is 7.79. The molecule has 25 heavy (non-hydrogen) atoms. The third kappa shape index (κ3) is 2.85. The summed E-state index contributed by atoms with van der Waals surface area (Å²) in [6, 6.07) is 12.7. The molecule has 4 aromatic rings. The summed E-state index contributed by atoms with van der Waals surface area (Å²) in [5.74, 6) is 0.561. The van der Waals surface area contributed by atoms with Crippen LogP contribution in [-0.4, -0.2) is 35.6 Å². The maximum Gasteiger partial charge on any atom is 0.249 e. The van der Waals surface area contributed by atoms with Crippen molar-refractivity contribution in [3.63, 3.8) is 0 Å². The van der Waals surface area contributed by atoms with Crippen LogP contribution in [0.25, 0.3) is 22.6 Å². The highest BCUT2D eigenvalue weighted by Gasteiger charge is 2.18. The van der Waals surface area contributed by atoms with E-state index in [-0.39, 0.29) is 11.9 Å². The Kier molecular flexibility index (Phi) is 3.70. The second-order valence-corrected chi connectivity index (χ2v) is 5.54. The smallest absolute Gasteiger partial charge is 0.249 e. The predicted molar refractivity (Wildman–Crippen MR) is 92.7 cm³/mol. The lowest BCUT2D eigenvalue weighted by molar-refractivity contribution is -0.118. The van der Waals surface area contributed by atoms with E-state index in [0.717, 1.165) is 11.0 Å². The second kappa shape index (κ2) is 6.16. The van der Waals surface area contributed by atoms with Crippen LogP contribution in [-0.2, 0) is 4.79 Å². The van der Waals surface area contributed by atoms with Crippen LogP contribution in [0.4, 0.5) is 5.95 Å². The topological polar surface area (TPSA) is 101 Å². The van der Waals surface area contributed by atoms with Gasteiger partial charge in [0.15, 0.2) is 5.82 Å². The molecule has 3 heterocycles. The van der Waals surface area contributed by atoms with Gasteiger partial charge in [-0.1, -0.05) is 18.2 Å². The number of hydrogen-bond acceptors (Lipinski definition) is 5. The second-order valence-electron chi connectivity index (χ2n) is 5.54. The summed E-state index contributed by atoms with van der Waals surface area (Å²) in [5.41, 5.74) is 2.40. The van der Waals surface area contributed by atoms with Crippen molar-refractivity contribution in [2.75, 3.05) is 5.32 Å². The average molecular weight is 333 g/mol. The van der Waals surface area contributed by atoms with Crippen molar-refractivity contribution >= 4 is 22.9 Å². The van der Waals surface area contributed by atoms with Crippen molar-refractivity contribution in [2.45, 2.75) is 13.0 Å². The quantitative estimate of drug-likeness (QED) is 0.597. The zero-order valence-electron chi connectivity index (χ0n) is 13.4. The minimum absolute atomic E-state index is 0.216. The molecule has 8 heteroatoms. The lowest BCUT2D eigenvalue weighted by atomic mass is 10.2. The summed E-state index contributed by atoms with van der Waals surface area (Å²) in [7, 11) is 0. The van der Waals surface area contributed by atoms with Crippen molar-refractivity contribution in [3.05, 3.63) is 55.0 Å². The fourth-order valence-corrected chi connectivity index (χ4v) is 2.57. The third-order valence-corrected chi connectivity index (χ3v) is 3.91. The highest BCUT2D eigenvalue weighted by atomic mass is 16.2. The Bertz CT molecular complexity index is 1020. The summed E-state index contributed by atoms with van der Waals surface area (Å²) in [6.07, 6.45) is 3.33.